The molecule has 0 bridgehead atoms. The molecule has 2 unspecified atom stereocenters. The van der Waals surface area contributed by atoms with Crippen LogP contribution in [0.3, 0.4) is 0 Å². The Labute approximate surface area is 150 Å². The molecule has 0 radical (unpaired) electrons. The zero-order valence-electron chi connectivity index (χ0n) is 15.7. The molecule has 0 spiro atoms. The van der Waals surface area contributed by atoms with Gasteiger partial charge in [-0.25, -0.2) is 0 Å². The van der Waals surface area contributed by atoms with Crippen LogP contribution < -0.4 is 0 Å². The van der Waals surface area contributed by atoms with Gasteiger partial charge in [0, 0.05) is 0 Å². The Kier molecular flexibility index (Phi) is 8.79. The fourth-order valence-corrected chi connectivity index (χ4v) is 2.91. The summed E-state index contributed by atoms with van der Waals surface area (Å²) in [4.78, 5) is 4.70. The van der Waals surface area contributed by atoms with Crippen LogP contribution >= 0.6 is 0 Å². The van der Waals surface area contributed by atoms with Gasteiger partial charge in [-0.2, -0.15) is 12.8 Å². The maximum absolute atomic E-state index is 2.35. The molecule has 0 aromatic heterocycles. The number of rotatable bonds is 0. The first-order chi connectivity index (χ1) is 9.10. The van der Waals surface area contributed by atoms with E-state index in [1.54, 1.807) is 0 Å². The normalized spacial score (nSPS) is 32.6. The van der Waals surface area contributed by atoms with E-state index < -0.39 is 0 Å². The molecule has 2 saturated heterocycles. The van der Waals surface area contributed by atoms with Crippen molar-refractivity contribution in [2.75, 3.05) is 14.1 Å². The molecule has 0 N–H and O–H groups in total. The minimum atomic E-state index is 0. The molecule has 2 fully saturated rings. The molecule has 2 aliphatic heterocycles. The van der Waals surface area contributed by atoms with E-state index in [-0.39, 0.29) is 23.1 Å². The van der Waals surface area contributed by atoms with Gasteiger partial charge in [0.25, 0.3) is 0 Å². The molecule has 0 aromatic rings. The van der Waals surface area contributed by atoms with Gasteiger partial charge in [-0.1, -0.05) is 26.7 Å². The third-order valence-corrected chi connectivity index (χ3v) is 6.24. The van der Waals surface area contributed by atoms with Crippen molar-refractivity contribution in [3.05, 3.63) is 13.1 Å². The molecule has 0 saturated carbocycles. The Morgan fingerprint density at radius 1 is 0.762 bits per heavy atom. The molecule has 2 nitrogen and oxygen atoms in total. The first-order valence-corrected chi connectivity index (χ1v) is 8.22. The van der Waals surface area contributed by atoms with Crippen molar-refractivity contribution < 1.29 is 0 Å². The zero-order chi connectivity index (χ0) is 15.6. The van der Waals surface area contributed by atoms with Crippen LogP contribution in [0.5, 0.6) is 0 Å². The Hall–Kier alpha value is 0.686. The summed E-state index contributed by atoms with van der Waals surface area (Å²) in [6, 6.07) is 0. The molecule has 2 atom stereocenters. The van der Waals surface area contributed by atoms with Gasteiger partial charge in [-0.3, -0.25) is 13.1 Å². The van der Waals surface area contributed by atoms with Gasteiger partial charge in [0.1, 0.15) is 0 Å². The van der Waals surface area contributed by atoms with Gasteiger partial charge in [0.2, 0.25) is 0 Å². The van der Waals surface area contributed by atoms with Gasteiger partial charge < -0.3 is 9.80 Å². The van der Waals surface area contributed by atoms with Crippen LogP contribution in [0, 0.1) is 24.9 Å². The molecule has 120 valence electrons. The molecule has 2 heterocycles. The van der Waals surface area contributed by atoms with Crippen molar-refractivity contribution >= 4 is 23.1 Å². The van der Waals surface area contributed by atoms with Crippen molar-refractivity contribution in [1.82, 2.24) is 9.80 Å². The summed E-state index contributed by atoms with van der Waals surface area (Å²) in [6.07, 6.45) is 5.19. The SMILES string of the molecule is CC1CC[CH-]N(C)C1(C)C.CC1CC[CH-]N(C)C1(C)C.[Mg+2]. The van der Waals surface area contributed by atoms with Gasteiger partial charge in [0.15, 0.2) is 0 Å². The summed E-state index contributed by atoms with van der Waals surface area (Å²) in [5.74, 6) is 1.64. The summed E-state index contributed by atoms with van der Waals surface area (Å²) >= 11 is 0. The molecule has 21 heavy (non-hydrogen) atoms. The summed E-state index contributed by atoms with van der Waals surface area (Å²) in [7, 11) is 4.35. The van der Waals surface area contributed by atoms with Crippen molar-refractivity contribution in [3.63, 3.8) is 0 Å². The van der Waals surface area contributed by atoms with E-state index in [0.717, 1.165) is 11.8 Å². The first-order valence-electron chi connectivity index (χ1n) is 8.22. The minimum Gasteiger partial charge on any atom is -0.454 e. The summed E-state index contributed by atoms with van der Waals surface area (Å²) < 4.78 is 0. The van der Waals surface area contributed by atoms with E-state index in [1.807, 2.05) is 0 Å². The van der Waals surface area contributed by atoms with Crippen LogP contribution in [0.4, 0.5) is 0 Å². The zero-order valence-corrected chi connectivity index (χ0v) is 17.2. The topological polar surface area (TPSA) is 6.48 Å². The Morgan fingerprint density at radius 3 is 1.24 bits per heavy atom. The second kappa shape index (κ2) is 8.51. The van der Waals surface area contributed by atoms with Crippen LogP contribution in [-0.2, 0) is 0 Å². The third-order valence-electron chi connectivity index (χ3n) is 6.24. The van der Waals surface area contributed by atoms with Crippen molar-refractivity contribution in [2.24, 2.45) is 11.8 Å². The average Bonchev–Trinajstić information content (AvgIpc) is 2.35. The fourth-order valence-electron chi connectivity index (χ4n) is 2.91. The van der Waals surface area contributed by atoms with Crippen molar-refractivity contribution in [2.45, 2.75) is 78.3 Å². The molecule has 3 heteroatoms. The van der Waals surface area contributed by atoms with Crippen LogP contribution in [0.25, 0.3) is 0 Å². The summed E-state index contributed by atoms with van der Waals surface area (Å²) in [5, 5.41) is 0. The predicted octanol–water partition coefficient (Wildman–Crippen LogP) is 4.20. The summed E-state index contributed by atoms with van der Waals surface area (Å²) in [6.45, 7) is 18.5. The number of likely N-dealkylation sites (tertiary alicyclic amines) is 2. The van der Waals surface area contributed by atoms with Crippen LogP contribution in [0.15, 0.2) is 0 Å². The van der Waals surface area contributed by atoms with Crippen LogP contribution in [0.1, 0.15) is 67.2 Å². The number of piperidine rings is 2. The van der Waals surface area contributed by atoms with E-state index in [4.69, 9.17) is 0 Å². The quantitative estimate of drug-likeness (QED) is 0.489. The van der Waals surface area contributed by atoms with E-state index in [1.165, 1.54) is 25.7 Å². The van der Waals surface area contributed by atoms with Gasteiger partial charge >= 0.3 is 23.1 Å². The van der Waals surface area contributed by atoms with E-state index in [9.17, 15) is 0 Å². The smallest absolute Gasteiger partial charge is 0.454 e. The first kappa shape index (κ1) is 21.7. The molecule has 2 aliphatic rings. The standard InChI is InChI=1S/2C9H18N.Mg/c2*1-8-6-5-7-10(4)9(8,2)3;/h2*7-8H,5-6H2,1-4H3;/q2*-1;+2. The number of nitrogens with zero attached hydrogens (tertiary/aromatic N) is 2. The maximum atomic E-state index is 2.35. The van der Waals surface area contributed by atoms with Crippen molar-refractivity contribution in [1.29, 1.82) is 0 Å². The van der Waals surface area contributed by atoms with E-state index in [2.05, 4.69) is 78.5 Å². The average molecular weight is 305 g/mol. The Balaban J connectivity index is 0.000000364. The summed E-state index contributed by atoms with van der Waals surface area (Å²) in [5.41, 5.74) is 0.747. The predicted molar refractivity (Wildman–Crippen MR) is 94.8 cm³/mol. The fraction of sp³-hybridized carbons (Fsp3) is 0.889. The molecular formula is C18H36MgN2. The minimum absolute atomic E-state index is 0. The van der Waals surface area contributed by atoms with E-state index >= 15 is 0 Å². The molecule has 0 amide bonds. The number of hydrogen-bond donors (Lipinski definition) is 0. The second-order valence-electron chi connectivity index (χ2n) is 7.85. The van der Waals surface area contributed by atoms with E-state index in [0.29, 0.717) is 11.1 Å². The number of hydrogen-bond acceptors (Lipinski definition) is 2. The Bertz CT molecular complexity index is 248. The van der Waals surface area contributed by atoms with Gasteiger partial charge in [-0.15, -0.1) is 0 Å². The third kappa shape index (κ3) is 5.37. The molecule has 2 rings (SSSR count). The molecule has 0 aliphatic carbocycles. The molecular weight excluding hydrogens is 269 g/mol. The largest absolute Gasteiger partial charge is 2.00 e. The molecule has 0 aromatic carbocycles. The maximum Gasteiger partial charge on any atom is 2.00 e. The monoisotopic (exact) mass is 304 g/mol. The van der Waals surface area contributed by atoms with Gasteiger partial charge in [0.05, 0.1) is 0 Å². The van der Waals surface area contributed by atoms with Gasteiger partial charge in [-0.05, 0) is 64.7 Å². The van der Waals surface area contributed by atoms with Crippen LogP contribution in [-0.4, -0.2) is 58.0 Å². The van der Waals surface area contributed by atoms with Crippen LogP contribution in [0.2, 0.25) is 0 Å². The van der Waals surface area contributed by atoms with Crippen molar-refractivity contribution in [3.8, 4) is 0 Å². The Morgan fingerprint density at radius 2 is 1.05 bits per heavy atom. The second-order valence-corrected chi connectivity index (χ2v) is 7.85.